The van der Waals surface area contributed by atoms with Crippen LogP contribution < -0.4 is 11.1 Å². The fourth-order valence-corrected chi connectivity index (χ4v) is 1.68. The van der Waals surface area contributed by atoms with Crippen molar-refractivity contribution in [3.8, 4) is 0 Å². The second-order valence-electron chi connectivity index (χ2n) is 3.49. The summed E-state index contributed by atoms with van der Waals surface area (Å²) in [6.07, 6.45) is 4.07. The summed E-state index contributed by atoms with van der Waals surface area (Å²) < 4.78 is 0. The van der Waals surface area contributed by atoms with Crippen LogP contribution in [0, 0.1) is 0 Å². The zero-order chi connectivity index (χ0) is 12.0. The molecule has 7 heteroatoms. The van der Waals surface area contributed by atoms with Crippen LogP contribution in [0.2, 0.25) is 0 Å². The summed E-state index contributed by atoms with van der Waals surface area (Å²) in [5, 5.41) is 9.21. The zero-order valence-electron chi connectivity index (χ0n) is 9.43. The molecule has 0 spiro atoms. The lowest BCUT2D eigenvalue weighted by molar-refractivity contribution is -0.123. The van der Waals surface area contributed by atoms with Crippen molar-refractivity contribution in [3.63, 3.8) is 0 Å². The number of nitrogens with two attached hydrogens (primary N) is 1. The van der Waals surface area contributed by atoms with Crippen LogP contribution in [0.15, 0.2) is 6.33 Å². The van der Waals surface area contributed by atoms with Crippen molar-refractivity contribution in [2.45, 2.75) is 25.4 Å². The number of hydrogen-bond donors (Lipinski definition) is 3. The maximum absolute atomic E-state index is 11.6. The Hall–Kier alpha value is -1.08. The number of nitrogens with one attached hydrogen (secondary N) is 2. The van der Waals surface area contributed by atoms with Gasteiger partial charge in [-0.15, -0.1) is 0 Å². The number of nitrogens with zero attached hydrogens (tertiary/aromatic N) is 2. The standard InChI is InChI=1S/C9H17N5OS/c1-6(8-11-5-12-14-8)13-9(15)7(10)3-4-16-2/h5-7H,3-4,10H2,1-2H3,(H,13,15)(H,11,12,14)/t6?,7-/m0/s1. The highest BCUT2D eigenvalue weighted by atomic mass is 32.2. The van der Waals surface area contributed by atoms with Gasteiger partial charge >= 0.3 is 0 Å². The summed E-state index contributed by atoms with van der Waals surface area (Å²) in [6.45, 7) is 1.83. The van der Waals surface area contributed by atoms with E-state index in [1.165, 1.54) is 6.33 Å². The lowest BCUT2D eigenvalue weighted by Gasteiger charge is -2.15. The van der Waals surface area contributed by atoms with E-state index in [1.54, 1.807) is 11.8 Å². The molecule has 1 heterocycles. The lowest BCUT2D eigenvalue weighted by Crippen LogP contribution is -2.42. The van der Waals surface area contributed by atoms with Gasteiger partial charge in [0.1, 0.15) is 12.2 Å². The Morgan fingerprint density at radius 3 is 3.06 bits per heavy atom. The van der Waals surface area contributed by atoms with Gasteiger partial charge in [-0.1, -0.05) is 0 Å². The maximum atomic E-state index is 11.6. The normalized spacial score (nSPS) is 14.4. The minimum Gasteiger partial charge on any atom is -0.345 e. The molecule has 1 unspecified atom stereocenters. The predicted octanol–water partition coefficient (Wildman–Crippen LogP) is 0.0623. The van der Waals surface area contributed by atoms with Crippen molar-refractivity contribution >= 4 is 17.7 Å². The average Bonchev–Trinajstić information content (AvgIpc) is 2.79. The van der Waals surface area contributed by atoms with Crippen LogP contribution in [0.4, 0.5) is 0 Å². The topological polar surface area (TPSA) is 96.7 Å². The van der Waals surface area contributed by atoms with E-state index in [1.807, 2.05) is 13.2 Å². The summed E-state index contributed by atoms with van der Waals surface area (Å²) in [5.41, 5.74) is 5.73. The third-order valence-corrected chi connectivity index (χ3v) is 2.82. The molecule has 0 aromatic carbocycles. The zero-order valence-corrected chi connectivity index (χ0v) is 10.3. The Kier molecular flexibility index (Phi) is 5.27. The van der Waals surface area contributed by atoms with Crippen molar-refractivity contribution in [2.24, 2.45) is 5.73 Å². The van der Waals surface area contributed by atoms with Gasteiger partial charge in [-0.05, 0) is 25.4 Å². The molecule has 1 aromatic rings. The van der Waals surface area contributed by atoms with E-state index < -0.39 is 6.04 Å². The summed E-state index contributed by atoms with van der Waals surface area (Å²) in [6, 6.07) is -0.659. The summed E-state index contributed by atoms with van der Waals surface area (Å²) in [7, 11) is 0. The fourth-order valence-electron chi connectivity index (χ4n) is 1.19. The van der Waals surface area contributed by atoms with Crippen molar-refractivity contribution in [1.82, 2.24) is 20.5 Å². The van der Waals surface area contributed by atoms with Gasteiger partial charge in [-0.3, -0.25) is 9.89 Å². The van der Waals surface area contributed by atoms with Gasteiger partial charge in [0.25, 0.3) is 0 Å². The lowest BCUT2D eigenvalue weighted by atomic mass is 10.2. The van der Waals surface area contributed by atoms with Crippen LogP contribution >= 0.6 is 11.8 Å². The second kappa shape index (κ2) is 6.49. The van der Waals surface area contributed by atoms with Crippen LogP contribution in [0.1, 0.15) is 25.2 Å². The maximum Gasteiger partial charge on any atom is 0.237 e. The van der Waals surface area contributed by atoms with Gasteiger partial charge in [-0.2, -0.15) is 16.9 Å². The highest BCUT2D eigenvalue weighted by Gasteiger charge is 2.17. The predicted molar refractivity (Wildman–Crippen MR) is 63.9 cm³/mol. The van der Waals surface area contributed by atoms with Gasteiger partial charge in [0.05, 0.1) is 12.1 Å². The third kappa shape index (κ3) is 3.82. The molecule has 1 amide bonds. The number of hydrogen-bond acceptors (Lipinski definition) is 5. The molecular weight excluding hydrogens is 226 g/mol. The monoisotopic (exact) mass is 243 g/mol. The number of thioether (sulfide) groups is 1. The number of H-pyrrole nitrogens is 1. The molecule has 0 radical (unpaired) electrons. The van der Waals surface area contributed by atoms with Crippen molar-refractivity contribution in [2.75, 3.05) is 12.0 Å². The van der Waals surface area contributed by atoms with E-state index in [-0.39, 0.29) is 11.9 Å². The number of carbonyl (C=O) groups excluding carboxylic acids is 1. The molecular formula is C9H17N5OS. The smallest absolute Gasteiger partial charge is 0.237 e. The molecule has 4 N–H and O–H groups in total. The first-order valence-corrected chi connectivity index (χ1v) is 6.44. The Morgan fingerprint density at radius 1 is 1.75 bits per heavy atom. The first-order chi connectivity index (χ1) is 7.65. The third-order valence-electron chi connectivity index (χ3n) is 2.17. The number of carbonyl (C=O) groups is 1. The minimum atomic E-state index is -0.460. The van der Waals surface area contributed by atoms with Crippen LogP contribution in [-0.4, -0.2) is 39.1 Å². The molecule has 0 saturated carbocycles. The van der Waals surface area contributed by atoms with Crippen molar-refractivity contribution in [3.05, 3.63) is 12.2 Å². The molecule has 0 saturated heterocycles. The number of amides is 1. The molecule has 0 aliphatic carbocycles. The van der Waals surface area contributed by atoms with Gasteiger partial charge in [0, 0.05) is 0 Å². The number of rotatable bonds is 6. The Morgan fingerprint density at radius 2 is 2.50 bits per heavy atom. The Labute approximate surface area is 98.8 Å². The Bertz CT molecular complexity index is 316. The highest BCUT2D eigenvalue weighted by Crippen LogP contribution is 2.05. The van der Waals surface area contributed by atoms with Gasteiger partial charge in [-0.25, -0.2) is 4.98 Å². The van der Waals surface area contributed by atoms with Crippen molar-refractivity contribution in [1.29, 1.82) is 0 Å². The molecule has 16 heavy (non-hydrogen) atoms. The first-order valence-electron chi connectivity index (χ1n) is 5.05. The molecule has 1 rings (SSSR count). The largest absolute Gasteiger partial charge is 0.345 e. The molecule has 0 bridgehead atoms. The second-order valence-corrected chi connectivity index (χ2v) is 4.47. The summed E-state index contributed by atoms with van der Waals surface area (Å²) in [4.78, 5) is 15.6. The molecule has 2 atom stereocenters. The average molecular weight is 243 g/mol. The van der Waals surface area contributed by atoms with Crippen LogP contribution in [0.5, 0.6) is 0 Å². The van der Waals surface area contributed by atoms with E-state index in [0.717, 1.165) is 5.75 Å². The first kappa shape index (κ1) is 13.0. The van der Waals surface area contributed by atoms with Crippen LogP contribution in [0.25, 0.3) is 0 Å². The van der Waals surface area contributed by atoms with Crippen LogP contribution in [-0.2, 0) is 4.79 Å². The molecule has 0 aliphatic rings. The van der Waals surface area contributed by atoms with E-state index >= 15 is 0 Å². The number of aromatic nitrogens is 3. The van der Waals surface area contributed by atoms with Gasteiger partial charge < -0.3 is 11.1 Å². The van der Waals surface area contributed by atoms with Crippen molar-refractivity contribution < 1.29 is 4.79 Å². The minimum absolute atomic E-state index is 0.155. The van der Waals surface area contributed by atoms with Gasteiger partial charge in [0.2, 0.25) is 5.91 Å². The summed E-state index contributed by atoms with van der Waals surface area (Å²) >= 11 is 1.68. The van der Waals surface area contributed by atoms with E-state index in [2.05, 4.69) is 20.5 Å². The summed E-state index contributed by atoms with van der Waals surface area (Å²) in [5.74, 6) is 1.36. The van der Waals surface area contributed by atoms with E-state index in [0.29, 0.717) is 12.2 Å². The molecule has 0 fully saturated rings. The number of aromatic amines is 1. The quantitative estimate of drug-likeness (QED) is 0.656. The van der Waals surface area contributed by atoms with E-state index in [9.17, 15) is 4.79 Å². The van der Waals surface area contributed by atoms with E-state index in [4.69, 9.17) is 5.73 Å². The highest BCUT2D eigenvalue weighted by molar-refractivity contribution is 7.98. The SMILES string of the molecule is CSCC[C@H](N)C(=O)NC(C)c1ncn[nH]1. The molecule has 0 aliphatic heterocycles. The van der Waals surface area contributed by atoms with Gasteiger partial charge in [0.15, 0.2) is 0 Å². The molecule has 90 valence electrons. The molecule has 6 nitrogen and oxygen atoms in total. The fraction of sp³-hybridized carbons (Fsp3) is 0.667. The Balaban J connectivity index is 2.39. The molecule has 1 aromatic heterocycles. The van der Waals surface area contributed by atoms with Crippen LogP contribution in [0.3, 0.4) is 0 Å².